The van der Waals surface area contributed by atoms with Crippen molar-refractivity contribution in [2.75, 3.05) is 99.1 Å². The van der Waals surface area contributed by atoms with Gasteiger partial charge in [-0.1, -0.05) is 55.4 Å². The quantitative estimate of drug-likeness (QED) is 0.0805. The van der Waals surface area contributed by atoms with E-state index in [1.165, 1.54) is 12.1 Å². The van der Waals surface area contributed by atoms with Crippen LogP contribution in [0.4, 0.5) is 11.4 Å². The smallest absolute Gasteiger partial charge is 0.338 e. The topological polar surface area (TPSA) is 180 Å². The highest BCUT2D eigenvalue weighted by Crippen LogP contribution is 2.39. The van der Waals surface area contributed by atoms with E-state index in [1.807, 2.05) is 34.6 Å². The third-order valence-electron chi connectivity index (χ3n) is 8.52. The molecule has 1 aliphatic rings. The van der Waals surface area contributed by atoms with Crippen LogP contribution in [0.2, 0.25) is 0 Å². The van der Waals surface area contributed by atoms with Crippen LogP contribution in [0.5, 0.6) is 23.0 Å². The molecule has 57 heavy (non-hydrogen) atoms. The second-order valence-corrected chi connectivity index (χ2v) is 16.2. The summed E-state index contributed by atoms with van der Waals surface area (Å²) in [7, 11) is 0. The molecule has 3 rings (SSSR count). The number of nitrogens with zero attached hydrogens (tertiary/aromatic N) is 2. The molecule has 0 aromatic heterocycles. The van der Waals surface area contributed by atoms with Crippen molar-refractivity contribution in [3.8, 4) is 23.0 Å². The van der Waals surface area contributed by atoms with Crippen molar-refractivity contribution < 1.29 is 57.3 Å². The van der Waals surface area contributed by atoms with Gasteiger partial charge in [0.15, 0.2) is 23.0 Å². The number of azo groups is 1. The second kappa shape index (κ2) is 24.4. The van der Waals surface area contributed by atoms with Crippen LogP contribution in [0.25, 0.3) is 0 Å². The van der Waals surface area contributed by atoms with Gasteiger partial charge in [-0.3, -0.25) is 0 Å². The average molecular weight is 806 g/mol. The lowest BCUT2D eigenvalue weighted by Crippen LogP contribution is -2.43. The predicted molar refractivity (Wildman–Crippen MR) is 216 cm³/mol. The van der Waals surface area contributed by atoms with Gasteiger partial charge < -0.3 is 58.2 Å². The average Bonchev–Trinajstić information content (AvgIpc) is 3.16. The standard InChI is InChI=1S/C42H67N3O12/c1-9-13-48-15-16-49-19-21-53-35-23-31(11-12-34(35)57-30-42(7,8)39(43)55-14-10-2)44-45-33-25-37-36(24-32(33)38(46)47)56-29-41(5,6)28-52-27-40(3,4)26-51-18-17-50-20-22-54-37/h11-12,23-25,39H,9-10,13-22,26-30,43H2,1-8H3,(H,46,47). The molecule has 0 spiro atoms. The Labute approximate surface area is 338 Å². The summed E-state index contributed by atoms with van der Waals surface area (Å²) in [5, 5.41) is 19.0. The fourth-order valence-electron chi connectivity index (χ4n) is 5.16. The summed E-state index contributed by atoms with van der Waals surface area (Å²) in [6.07, 6.45) is 1.26. The number of carboxylic acid groups (broad SMARTS) is 1. The Balaban J connectivity index is 1.87. The fourth-order valence-corrected chi connectivity index (χ4v) is 5.16. The summed E-state index contributed by atoms with van der Waals surface area (Å²) in [5.74, 6) is 0.215. The molecule has 0 radical (unpaired) electrons. The molecule has 3 N–H and O–H groups in total. The van der Waals surface area contributed by atoms with Crippen LogP contribution in [0.1, 0.15) is 78.6 Å². The Morgan fingerprint density at radius 1 is 0.754 bits per heavy atom. The largest absolute Gasteiger partial charge is 0.489 e. The highest BCUT2D eigenvalue weighted by atomic mass is 16.6. The number of benzene rings is 2. The Kier molecular flexibility index (Phi) is 20.4. The molecule has 0 saturated carbocycles. The van der Waals surface area contributed by atoms with Crippen molar-refractivity contribution in [2.45, 2.75) is 74.5 Å². The van der Waals surface area contributed by atoms with E-state index in [0.29, 0.717) is 89.0 Å². The van der Waals surface area contributed by atoms with Crippen LogP contribution < -0.4 is 24.7 Å². The third-order valence-corrected chi connectivity index (χ3v) is 8.52. The van der Waals surface area contributed by atoms with Gasteiger partial charge in [-0.15, -0.1) is 5.11 Å². The van der Waals surface area contributed by atoms with Gasteiger partial charge in [0.2, 0.25) is 0 Å². The molecule has 1 heterocycles. The molecule has 1 unspecified atom stereocenters. The first-order valence-electron chi connectivity index (χ1n) is 19.9. The first-order chi connectivity index (χ1) is 27.2. The molecule has 0 aliphatic carbocycles. The number of ether oxygens (including phenoxy) is 10. The molecule has 322 valence electrons. The molecule has 1 atom stereocenters. The van der Waals surface area contributed by atoms with Crippen LogP contribution in [0.15, 0.2) is 40.6 Å². The van der Waals surface area contributed by atoms with Crippen molar-refractivity contribution in [1.82, 2.24) is 0 Å². The molecule has 0 amide bonds. The molecule has 2 aromatic rings. The first-order valence-corrected chi connectivity index (χ1v) is 19.9. The van der Waals surface area contributed by atoms with Gasteiger partial charge in [-0.2, -0.15) is 5.11 Å². The van der Waals surface area contributed by atoms with Gasteiger partial charge in [0, 0.05) is 47.7 Å². The molecular weight excluding hydrogens is 738 g/mol. The summed E-state index contributed by atoms with van der Waals surface area (Å²) in [4.78, 5) is 12.6. The first kappa shape index (κ1) is 47.8. The lowest BCUT2D eigenvalue weighted by molar-refractivity contribution is -0.0420. The van der Waals surface area contributed by atoms with E-state index in [4.69, 9.17) is 53.1 Å². The van der Waals surface area contributed by atoms with E-state index in [2.05, 4.69) is 31.0 Å². The molecule has 15 heteroatoms. The van der Waals surface area contributed by atoms with E-state index >= 15 is 0 Å². The predicted octanol–water partition coefficient (Wildman–Crippen LogP) is 7.61. The number of rotatable bonds is 19. The summed E-state index contributed by atoms with van der Waals surface area (Å²) in [6.45, 7) is 22.2. The van der Waals surface area contributed by atoms with Crippen LogP contribution in [-0.2, 0) is 28.4 Å². The van der Waals surface area contributed by atoms with Crippen molar-refractivity contribution in [3.63, 3.8) is 0 Å². The minimum atomic E-state index is -1.21. The van der Waals surface area contributed by atoms with E-state index in [1.54, 1.807) is 18.2 Å². The van der Waals surface area contributed by atoms with Crippen LogP contribution in [0.3, 0.4) is 0 Å². The monoisotopic (exact) mass is 805 g/mol. The van der Waals surface area contributed by atoms with Gasteiger partial charge in [-0.25, -0.2) is 4.79 Å². The van der Waals surface area contributed by atoms with Crippen molar-refractivity contribution >= 4 is 17.3 Å². The molecule has 1 aliphatic heterocycles. The van der Waals surface area contributed by atoms with Crippen molar-refractivity contribution in [2.24, 2.45) is 32.2 Å². The maximum Gasteiger partial charge on any atom is 0.338 e. The minimum absolute atomic E-state index is 0.0687. The second-order valence-electron chi connectivity index (χ2n) is 16.2. The fraction of sp³-hybridized carbons (Fsp3) is 0.690. The summed E-state index contributed by atoms with van der Waals surface area (Å²) >= 11 is 0. The lowest BCUT2D eigenvalue weighted by atomic mass is 9.92. The maximum absolute atomic E-state index is 12.6. The number of carboxylic acids is 1. The van der Waals surface area contributed by atoms with Crippen LogP contribution >= 0.6 is 0 Å². The van der Waals surface area contributed by atoms with Gasteiger partial charge in [0.05, 0.1) is 83.9 Å². The maximum atomic E-state index is 12.6. The zero-order chi connectivity index (χ0) is 41.7. The molecule has 15 nitrogen and oxygen atoms in total. The van der Waals surface area contributed by atoms with Gasteiger partial charge in [0.25, 0.3) is 0 Å². The van der Waals surface area contributed by atoms with E-state index < -0.39 is 23.0 Å². The Morgan fingerprint density at radius 2 is 1.39 bits per heavy atom. The minimum Gasteiger partial charge on any atom is -0.489 e. The zero-order valence-electron chi connectivity index (χ0n) is 35.4. The normalized spacial score (nSPS) is 17.5. The zero-order valence-corrected chi connectivity index (χ0v) is 35.4. The number of hydrogen-bond acceptors (Lipinski definition) is 14. The number of aromatic carboxylic acids is 1. The highest BCUT2D eigenvalue weighted by molar-refractivity contribution is 5.94. The van der Waals surface area contributed by atoms with Gasteiger partial charge in [-0.05, 0) is 25.0 Å². The third kappa shape index (κ3) is 17.8. The molecule has 0 fully saturated rings. The Hall–Kier alpha value is -3.57. The number of hydrogen-bond donors (Lipinski definition) is 2. The lowest BCUT2D eigenvalue weighted by Gasteiger charge is -2.31. The summed E-state index contributed by atoms with van der Waals surface area (Å²) in [6, 6.07) is 8.01. The number of carbonyl (C=O) groups is 1. The van der Waals surface area contributed by atoms with Crippen LogP contribution in [0, 0.1) is 16.2 Å². The molecule has 0 bridgehead atoms. The van der Waals surface area contributed by atoms with Crippen molar-refractivity contribution in [1.29, 1.82) is 0 Å². The number of nitrogens with two attached hydrogens (primary N) is 1. The summed E-state index contributed by atoms with van der Waals surface area (Å²) < 4.78 is 59.1. The highest BCUT2D eigenvalue weighted by Gasteiger charge is 2.29. The van der Waals surface area contributed by atoms with Crippen LogP contribution in [-0.4, -0.2) is 116 Å². The van der Waals surface area contributed by atoms with Gasteiger partial charge >= 0.3 is 5.97 Å². The SMILES string of the molecule is CCCOCCOCCOc1cc(N=Nc2cc3c(cc2C(=O)O)OCC(C)(C)COCC(C)(C)COCCOCCO3)ccc1OCC(C)(C)C(N)OCCC. The molecule has 2 aromatic carbocycles. The summed E-state index contributed by atoms with van der Waals surface area (Å²) in [5.41, 5.74) is 5.58. The van der Waals surface area contributed by atoms with Gasteiger partial charge in [0.1, 0.15) is 25.1 Å². The molecular formula is C42H67N3O12. The Morgan fingerprint density at radius 3 is 2.11 bits per heavy atom. The van der Waals surface area contributed by atoms with E-state index in [9.17, 15) is 9.90 Å². The van der Waals surface area contributed by atoms with E-state index in [-0.39, 0.29) is 55.4 Å². The van der Waals surface area contributed by atoms with E-state index in [0.717, 1.165) is 12.8 Å². The Bertz CT molecular complexity index is 1520. The molecule has 0 saturated heterocycles. The van der Waals surface area contributed by atoms with Crippen molar-refractivity contribution in [3.05, 3.63) is 35.9 Å². The number of fused-ring (bicyclic) bond motifs is 1.